The number of carbonyl (C=O) groups excluding carboxylic acids is 1. The van der Waals surface area contributed by atoms with Gasteiger partial charge in [-0.15, -0.1) is 11.3 Å². The summed E-state index contributed by atoms with van der Waals surface area (Å²) in [6.45, 7) is 2.67. The molecule has 2 atom stereocenters. The van der Waals surface area contributed by atoms with Crippen molar-refractivity contribution >= 4 is 45.2 Å². The van der Waals surface area contributed by atoms with Gasteiger partial charge in [-0.25, -0.2) is 0 Å². The SMILES string of the molecule is CC1CN(C(=O)/C=C/c2ccc(Br)s2)CC1C(=O)O. The molecule has 1 aromatic rings. The second kappa shape index (κ2) is 5.88. The van der Waals surface area contributed by atoms with Crippen molar-refractivity contribution in [2.75, 3.05) is 13.1 Å². The zero-order valence-corrected chi connectivity index (χ0v) is 12.8. The summed E-state index contributed by atoms with van der Waals surface area (Å²) in [7, 11) is 0. The van der Waals surface area contributed by atoms with E-state index in [1.165, 1.54) is 6.08 Å². The van der Waals surface area contributed by atoms with Gasteiger partial charge in [0.2, 0.25) is 5.91 Å². The Hall–Kier alpha value is -1.14. The first-order valence-electron chi connectivity index (χ1n) is 5.92. The summed E-state index contributed by atoms with van der Waals surface area (Å²) in [5.41, 5.74) is 0. The molecule has 0 saturated carbocycles. The van der Waals surface area contributed by atoms with Gasteiger partial charge < -0.3 is 10.0 Å². The third-order valence-electron chi connectivity index (χ3n) is 3.23. The van der Waals surface area contributed by atoms with Gasteiger partial charge in [-0.1, -0.05) is 6.92 Å². The maximum atomic E-state index is 12.0. The average molecular weight is 344 g/mol. The molecular weight excluding hydrogens is 330 g/mol. The average Bonchev–Trinajstić information content (AvgIpc) is 2.92. The zero-order chi connectivity index (χ0) is 14.0. The van der Waals surface area contributed by atoms with E-state index in [0.717, 1.165) is 8.66 Å². The fourth-order valence-corrected chi connectivity index (χ4v) is 3.47. The minimum Gasteiger partial charge on any atom is -0.481 e. The van der Waals surface area contributed by atoms with Crippen LogP contribution >= 0.6 is 27.3 Å². The number of carboxylic acids is 1. The van der Waals surface area contributed by atoms with Crippen LogP contribution in [0.2, 0.25) is 0 Å². The van der Waals surface area contributed by atoms with E-state index in [2.05, 4.69) is 15.9 Å². The molecule has 0 aliphatic carbocycles. The minimum absolute atomic E-state index is 0.00531. The fraction of sp³-hybridized carbons (Fsp3) is 0.385. The molecule has 0 radical (unpaired) electrons. The highest BCUT2D eigenvalue weighted by molar-refractivity contribution is 9.11. The highest BCUT2D eigenvalue weighted by Crippen LogP contribution is 2.25. The Balaban J connectivity index is 1.98. The van der Waals surface area contributed by atoms with Crippen molar-refractivity contribution in [3.63, 3.8) is 0 Å². The number of thiophene rings is 1. The Bertz CT molecular complexity index is 526. The molecule has 4 nitrogen and oxygen atoms in total. The van der Waals surface area contributed by atoms with Crippen molar-refractivity contribution in [1.82, 2.24) is 4.90 Å². The number of likely N-dealkylation sites (tertiary alicyclic amines) is 1. The zero-order valence-electron chi connectivity index (χ0n) is 10.4. The minimum atomic E-state index is -0.825. The van der Waals surface area contributed by atoms with Crippen LogP contribution in [-0.4, -0.2) is 35.0 Å². The Morgan fingerprint density at radius 1 is 1.47 bits per heavy atom. The Labute approximate surface area is 123 Å². The molecule has 2 rings (SSSR count). The van der Waals surface area contributed by atoms with E-state index in [-0.39, 0.29) is 11.8 Å². The summed E-state index contributed by atoms with van der Waals surface area (Å²) in [5, 5.41) is 9.03. The predicted molar refractivity (Wildman–Crippen MR) is 77.9 cm³/mol. The summed E-state index contributed by atoms with van der Waals surface area (Å²) in [4.78, 5) is 25.6. The van der Waals surface area contributed by atoms with Crippen LogP contribution < -0.4 is 0 Å². The first-order chi connectivity index (χ1) is 8.97. The quantitative estimate of drug-likeness (QED) is 0.858. The van der Waals surface area contributed by atoms with E-state index in [1.54, 1.807) is 22.3 Å². The van der Waals surface area contributed by atoms with Crippen molar-refractivity contribution in [3.05, 3.63) is 26.9 Å². The topological polar surface area (TPSA) is 57.6 Å². The number of carboxylic acid groups (broad SMARTS) is 1. The number of nitrogens with zero attached hydrogens (tertiary/aromatic N) is 1. The van der Waals surface area contributed by atoms with Gasteiger partial charge in [-0.05, 0) is 40.1 Å². The second-order valence-corrected chi connectivity index (χ2v) is 7.14. The number of aliphatic carboxylic acids is 1. The van der Waals surface area contributed by atoms with Crippen LogP contribution in [0.5, 0.6) is 0 Å². The van der Waals surface area contributed by atoms with Crippen molar-refractivity contribution in [3.8, 4) is 0 Å². The first kappa shape index (κ1) is 14.3. The molecule has 2 heterocycles. The normalized spacial score (nSPS) is 23.2. The molecule has 1 amide bonds. The molecule has 1 fully saturated rings. The van der Waals surface area contributed by atoms with Gasteiger partial charge >= 0.3 is 5.97 Å². The van der Waals surface area contributed by atoms with Crippen LogP contribution in [-0.2, 0) is 9.59 Å². The Kier molecular flexibility index (Phi) is 4.42. The van der Waals surface area contributed by atoms with Gasteiger partial charge in [0.05, 0.1) is 9.70 Å². The largest absolute Gasteiger partial charge is 0.481 e. The maximum Gasteiger partial charge on any atom is 0.308 e. The Morgan fingerprint density at radius 3 is 2.74 bits per heavy atom. The van der Waals surface area contributed by atoms with Crippen LogP contribution in [0.25, 0.3) is 6.08 Å². The molecule has 1 aliphatic rings. The number of amides is 1. The van der Waals surface area contributed by atoms with Crippen molar-refractivity contribution in [1.29, 1.82) is 0 Å². The molecule has 19 heavy (non-hydrogen) atoms. The lowest BCUT2D eigenvalue weighted by atomic mass is 9.99. The third-order valence-corrected chi connectivity index (χ3v) is 4.81. The number of carbonyl (C=O) groups is 2. The molecule has 0 spiro atoms. The summed E-state index contributed by atoms with van der Waals surface area (Å²) in [5.74, 6) is -1.40. The monoisotopic (exact) mass is 343 g/mol. The summed E-state index contributed by atoms with van der Waals surface area (Å²) < 4.78 is 1.01. The number of hydrogen-bond acceptors (Lipinski definition) is 3. The summed E-state index contributed by atoms with van der Waals surface area (Å²) in [6, 6.07) is 3.85. The molecule has 1 aliphatic heterocycles. The molecule has 2 unspecified atom stereocenters. The number of hydrogen-bond donors (Lipinski definition) is 1. The van der Waals surface area contributed by atoms with E-state index in [9.17, 15) is 9.59 Å². The standard InChI is InChI=1S/C13H14BrNO3S/c1-8-6-15(7-10(8)13(17)18)12(16)5-3-9-2-4-11(14)19-9/h2-5,8,10H,6-7H2,1H3,(H,17,18)/b5-3+. The fourth-order valence-electron chi connectivity index (χ4n) is 2.14. The van der Waals surface area contributed by atoms with E-state index >= 15 is 0 Å². The van der Waals surface area contributed by atoms with Crippen LogP contribution in [0, 0.1) is 11.8 Å². The highest BCUT2D eigenvalue weighted by atomic mass is 79.9. The lowest BCUT2D eigenvalue weighted by Gasteiger charge is -2.12. The van der Waals surface area contributed by atoms with Crippen LogP contribution in [0.4, 0.5) is 0 Å². The molecule has 1 N–H and O–H groups in total. The van der Waals surface area contributed by atoms with Crippen LogP contribution in [0.15, 0.2) is 22.0 Å². The Morgan fingerprint density at radius 2 is 2.21 bits per heavy atom. The van der Waals surface area contributed by atoms with Crippen LogP contribution in [0.3, 0.4) is 0 Å². The van der Waals surface area contributed by atoms with Gasteiger partial charge in [0.25, 0.3) is 0 Å². The van der Waals surface area contributed by atoms with Gasteiger partial charge in [0.15, 0.2) is 0 Å². The number of halogens is 1. The smallest absolute Gasteiger partial charge is 0.308 e. The van der Waals surface area contributed by atoms with Crippen LogP contribution in [0.1, 0.15) is 11.8 Å². The summed E-state index contributed by atoms with van der Waals surface area (Å²) in [6.07, 6.45) is 3.27. The van der Waals surface area contributed by atoms with Crippen molar-refractivity contribution < 1.29 is 14.7 Å². The molecule has 0 bridgehead atoms. The van der Waals surface area contributed by atoms with Gasteiger partial charge in [0, 0.05) is 24.0 Å². The van der Waals surface area contributed by atoms with Gasteiger partial charge in [0.1, 0.15) is 0 Å². The van der Waals surface area contributed by atoms with E-state index in [4.69, 9.17) is 5.11 Å². The van der Waals surface area contributed by atoms with Gasteiger partial charge in [-0.2, -0.15) is 0 Å². The maximum absolute atomic E-state index is 12.0. The molecule has 0 aromatic carbocycles. The lowest BCUT2D eigenvalue weighted by molar-refractivity contribution is -0.142. The van der Waals surface area contributed by atoms with Crippen molar-refractivity contribution in [2.24, 2.45) is 11.8 Å². The predicted octanol–water partition coefficient (Wildman–Crippen LogP) is 2.70. The summed E-state index contributed by atoms with van der Waals surface area (Å²) >= 11 is 4.90. The molecule has 1 saturated heterocycles. The van der Waals surface area contributed by atoms with E-state index in [1.807, 2.05) is 19.1 Å². The van der Waals surface area contributed by atoms with Crippen molar-refractivity contribution in [2.45, 2.75) is 6.92 Å². The molecule has 102 valence electrons. The molecule has 1 aromatic heterocycles. The van der Waals surface area contributed by atoms with E-state index in [0.29, 0.717) is 13.1 Å². The first-order valence-corrected chi connectivity index (χ1v) is 7.53. The molecular formula is C13H14BrNO3S. The van der Waals surface area contributed by atoms with Gasteiger partial charge in [-0.3, -0.25) is 9.59 Å². The number of rotatable bonds is 3. The second-order valence-electron chi connectivity index (χ2n) is 4.64. The molecule has 6 heteroatoms. The van der Waals surface area contributed by atoms with E-state index < -0.39 is 11.9 Å². The highest BCUT2D eigenvalue weighted by Gasteiger charge is 2.36. The lowest BCUT2D eigenvalue weighted by Crippen LogP contribution is -2.28. The third kappa shape index (κ3) is 3.45.